The maximum absolute atomic E-state index is 12.7. The maximum atomic E-state index is 12.7. The molecule has 0 aromatic carbocycles. The molecule has 0 spiro atoms. The van der Waals surface area contributed by atoms with Gasteiger partial charge in [0.1, 0.15) is 5.82 Å². The van der Waals surface area contributed by atoms with Gasteiger partial charge < -0.3 is 16.0 Å². The van der Waals surface area contributed by atoms with E-state index in [0.29, 0.717) is 24.4 Å². The Hall–Kier alpha value is -1.11. The molecule has 3 rings (SSSR count). The van der Waals surface area contributed by atoms with Crippen LogP contribution in [0.5, 0.6) is 0 Å². The molecule has 1 aromatic heterocycles. The third-order valence-electron chi connectivity index (χ3n) is 5.01. The summed E-state index contributed by atoms with van der Waals surface area (Å²) in [6.45, 7) is 2.29. The highest BCUT2D eigenvalue weighted by Gasteiger charge is 2.35. The number of piperidine rings is 1. The number of hydrogen-bond acceptors (Lipinski definition) is 5. The fourth-order valence-electron chi connectivity index (χ4n) is 3.71. The molecule has 0 unspecified atom stereocenters. The Labute approximate surface area is 155 Å². The molecule has 1 aliphatic heterocycles. The van der Waals surface area contributed by atoms with Crippen LogP contribution < -0.4 is 11.1 Å². The van der Waals surface area contributed by atoms with E-state index >= 15 is 0 Å². The van der Waals surface area contributed by atoms with Crippen LogP contribution in [0.1, 0.15) is 32.1 Å². The summed E-state index contributed by atoms with van der Waals surface area (Å²) in [5.41, 5.74) is 5.81. The van der Waals surface area contributed by atoms with E-state index in [4.69, 9.17) is 5.73 Å². The van der Waals surface area contributed by atoms with Crippen LogP contribution in [0.25, 0.3) is 0 Å². The zero-order chi connectivity index (χ0) is 15.4. The summed E-state index contributed by atoms with van der Waals surface area (Å²) in [7, 11) is 0. The van der Waals surface area contributed by atoms with Crippen LogP contribution in [0, 0.1) is 11.8 Å². The largest absolute Gasteiger partial charge is 0.366 e. The Balaban J connectivity index is 0.00000144. The number of carbonyl (C=O) groups excluding carboxylic acids is 1. The number of carbonyl (C=O) groups is 1. The Morgan fingerprint density at radius 2 is 2.00 bits per heavy atom. The molecule has 8 heteroatoms. The smallest absolute Gasteiger partial charge is 0.226 e. The maximum Gasteiger partial charge on any atom is 0.226 e. The van der Waals surface area contributed by atoms with Gasteiger partial charge in [0.25, 0.3) is 0 Å². The van der Waals surface area contributed by atoms with E-state index in [1.807, 2.05) is 17.0 Å². The number of likely N-dealkylation sites (tertiary alicyclic amines) is 1. The predicted molar refractivity (Wildman–Crippen MR) is 99.6 cm³/mol. The first-order chi connectivity index (χ1) is 10.8. The van der Waals surface area contributed by atoms with Gasteiger partial charge in [-0.15, -0.1) is 29.9 Å². The number of anilines is 1. The summed E-state index contributed by atoms with van der Waals surface area (Å²) in [6.07, 6.45) is 6.85. The van der Waals surface area contributed by atoms with Crippen LogP contribution >= 0.6 is 24.8 Å². The summed E-state index contributed by atoms with van der Waals surface area (Å²) >= 11 is 0. The van der Waals surface area contributed by atoms with Crippen LogP contribution in [-0.2, 0) is 4.79 Å². The molecule has 136 valence electrons. The zero-order valence-corrected chi connectivity index (χ0v) is 15.4. The molecule has 1 saturated carbocycles. The second kappa shape index (κ2) is 10.0. The molecule has 2 fully saturated rings. The van der Waals surface area contributed by atoms with E-state index < -0.39 is 0 Å². The van der Waals surface area contributed by atoms with Crippen molar-refractivity contribution in [1.29, 1.82) is 0 Å². The van der Waals surface area contributed by atoms with Crippen LogP contribution in [0.2, 0.25) is 0 Å². The van der Waals surface area contributed by atoms with E-state index in [2.05, 4.69) is 15.5 Å². The molecule has 0 radical (unpaired) electrons. The molecule has 24 heavy (non-hydrogen) atoms. The Kier molecular flexibility index (Phi) is 8.73. The zero-order valence-electron chi connectivity index (χ0n) is 13.8. The Bertz CT molecular complexity index is 497. The lowest BCUT2D eigenvalue weighted by Crippen LogP contribution is -2.46. The lowest BCUT2D eigenvalue weighted by atomic mass is 9.93. The van der Waals surface area contributed by atoms with Crippen molar-refractivity contribution < 1.29 is 4.79 Å². The normalized spacial score (nSPS) is 24.0. The highest BCUT2D eigenvalue weighted by molar-refractivity contribution is 5.85. The van der Waals surface area contributed by atoms with Gasteiger partial charge in [-0.3, -0.25) is 4.79 Å². The number of amides is 1. The Morgan fingerprint density at radius 3 is 2.62 bits per heavy atom. The summed E-state index contributed by atoms with van der Waals surface area (Å²) in [5.74, 6) is 1.69. The van der Waals surface area contributed by atoms with Crippen molar-refractivity contribution in [2.45, 2.75) is 38.1 Å². The van der Waals surface area contributed by atoms with Gasteiger partial charge in [0.2, 0.25) is 5.91 Å². The summed E-state index contributed by atoms with van der Waals surface area (Å²) in [6, 6.07) is 4.17. The van der Waals surface area contributed by atoms with Crippen molar-refractivity contribution in [3.8, 4) is 0 Å². The third-order valence-corrected chi connectivity index (χ3v) is 5.01. The van der Waals surface area contributed by atoms with Gasteiger partial charge in [-0.25, -0.2) is 0 Å². The van der Waals surface area contributed by atoms with E-state index in [1.54, 1.807) is 6.20 Å². The molecule has 2 atom stereocenters. The van der Waals surface area contributed by atoms with Gasteiger partial charge in [-0.05, 0) is 50.3 Å². The van der Waals surface area contributed by atoms with E-state index in [9.17, 15) is 4.79 Å². The molecule has 1 aliphatic carbocycles. The van der Waals surface area contributed by atoms with E-state index in [-0.39, 0.29) is 30.7 Å². The summed E-state index contributed by atoms with van der Waals surface area (Å²) in [5, 5.41) is 11.3. The number of nitrogens with zero attached hydrogens (tertiary/aromatic N) is 3. The fourth-order valence-corrected chi connectivity index (χ4v) is 3.71. The lowest BCUT2D eigenvalue weighted by Gasteiger charge is -2.35. The Morgan fingerprint density at radius 1 is 1.25 bits per heavy atom. The molecule has 2 heterocycles. The number of nitrogens with one attached hydrogen (secondary N) is 1. The third kappa shape index (κ3) is 4.94. The van der Waals surface area contributed by atoms with Crippen molar-refractivity contribution in [3.63, 3.8) is 0 Å². The minimum Gasteiger partial charge on any atom is -0.366 e. The lowest BCUT2D eigenvalue weighted by molar-refractivity contribution is -0.137. The monoisotopic (exact) mass is 375 g/mol. The van der Waals surface area contributed by atoms with E-state index in [0.717, 1.165) is 51.0 Å². The minimum absolute atomic E-state index is 0. The SMILES string of the molecule is Cl.Cl.NC[C@H]1CCC[C@H]1C(=O)N1CCC(Nc2cccnn2)CC1. The first-order valence-corrected chi connectivity index (χ1v) is 8.31. The van der Waals surface area contributed by atoms with Gasteiger partial charge in [-0.1, -0.05) is 6.42 Å². The number of rotatable bonds is 4. The molecule has 3 N–H and O–H groups in total. The van der Waals surface area contributed by atoms with Crippen molar-refractivity contribution in [2.75, 3.05) is 25.0 Å². The van der Waals surface area contributed by atoms with Crippen LogP contribution in [0.4, 0.5) is 5.82 Å². The molecule has 6 nitrogen and oxygen atoms in total. The number of nitrogens with two attached hydrogens (primary N) is 1. The van der Waals surface area contributed by atoms with Crippen LogP contribution in [0.3, 0.4) is 0 Å². The molecular formula is C16H27Cl2N5O. The molecule has 1 aromatic rings. The molecule has 1 amide bonds. The van der Waals surface area contributed by atoms with Crippen LogP contribution in [0.15, 0.2) is 18.3 Å². The van der Waals surface area contributed by atoms with Gasteiger partial charge >= 0.3 is 0 Å². The number of aromatic nitrogens is 2. The average Bonchev–Trinajstić information content (AvgIpc) is 3.04. The minimum atomic E-state index is 0. The highest BCUT2D eigenvalue weighted by atomic mass is 35.5. The van der Waals surface area contributed by atoms with Crippen LogP contribution in [-0.4, -0.2) is 46.7 Å². The van der Waals surface area contributed by atoms with Crippen molar-refractivity contribution in [3.05, 3.63) is 18.3 Å². The van der Waals surface area contributed by atoms with Crippen molar-refractivity contribution >= 4 is 36.5 Å². The topological polar surface area (TPSA) is 84.1 Å². The van der Waals surface area contributed by atoms with Gasteiger partial charge in [0.05, 0.1) is 0 Å². The first kappa shape index (κ1) is 20.9. The quantitative estimate of drug-likeness (QED) is 0.841. The molecule has 0 bridgehead atoms. The highest BCUT2D eigenvalue weighted by Crippen LogP contribution is 2.33. The second-order valence-electron chi connectivity index (χ2n) is 6.39. The predicted octanol–water partition coefficient (Wildman–Crippen LogP) is 2.10. The van der Waals surface area contributed by atoms with Crippen molar-refractivity contribution in [1.82, 2.24) is 15.1 Å². The van der Waals surface area contributed by atoms with Gasteiger partial charge in [0.15, 0.2) is 0 Å². The van der Waals surface area contributed by atoms with Crippen molar-refractivity contribution in [2.24, 2.45) is 17.6 Å². The number of hydrogen-bond donors (Lipinski definition) is 2. The van der Waals surface area contributed by atoms with Gasteiger partial charge in [0, 0.05) is 31.2 Å². The number of halogens is 2. The van der Waals surface area contributed by atoms with Gasteiger partial charge in [-0.2, -0.15) is 5.10 Å². The molecule has 2 aliphatic rings. The summed E-state index contributed by atoms with van der Waals surface area (Å²) in [4.78, 5) is 14.7. The second-order valence-corrected chi connectivity index (χ2v) is 6.39. The summed E-state index contributed by atoms with van der Waals surface area (Å²) < 4.78 is 0. The average molecular weight is 376 g/mol. The van der Waals surface area contributed by atoms with E-state index in [1.165, 1.54) is 0 Å². The fraction of sp³-hybridized carbons (Fsp3) is 0.688. The first-order valence-electron chi connectivity index (χ1n) is 8.31. The standard InChI is InChI=1S/C16H25N5O.2ClH/c17-11-12-3-1-4-14(12)16(22)21-9-6-13(7-10-21)19-15-5-2-8-18-20-15;;/h2,5,8,12-14H,1,3-4,6-7,9-11,17H2,(H,19,20);2*1H/t12-,14-;;/m1../s1. The molecule has 1 saturated heterocycles. The molecular weight excluding hydrogens is 349 g/mol.